The first kappa shape index (κ1) is 56.9. The van der Waals surface area contributed by atoms with Gasteiger partial charge in [-0.05, 0) is 51.4 Å². The molecule has 0 aromatic carbocycles. The first-order valence-corrected chi connectivity index (χ1v) is 25.8. The van der Waals surface area contributed by atoms with Gasteiger partial charge in [0.05, 0.1) is 0 Å². The molecule has 6 nitrogen and oxygen atoms in total. The van der Waals surface area contributed by atoms with Crippen LogP contribution in [-0.2, 0) is 28.6 Å². The molecule has 0 aliphatic carbocycles. The normalized spacial score (nSPS) is 12.1. The van der Waals surface area contributed by atoms with Gasteiger partial charge in [-0.3, -0.25) is 14.4 Å². The van der Waals surface area contributed by atoms with Crippen molar-refractivity contribution in [2.24, 2.45) is 0 Å². The van der Waals surface area contributed by atoms with Gasteiger partial charge in [0.2, 0.25) is 0 Å². The van der Waals surface area contributed by atoms with Crippen molar-refractivity contribution in [2.75, 3.05) is 13.2 Å². The van der Waals surface area contributed by atoms with Crippen LogP contribution in [0, 0.1) is 0 Å². The molecule has 0 bridgehead atoms. The number of hydrogen-bond donors (Lipinski definition) is 0. The van der Waals surface area contributed by atoms with Crippen molar-refractivity contribution < 1.29 is 28.6 Å². The SMILES string of the molecule is CCCCCC/C=C\C/C=C\CCCCCCCC(=O)OC(COC(=O)CCCCCCCCCC)COC(=O)CCCCCCCCCCCCCCCCCCC. The van der Waals surface area contributed by atoms with Crippen LogP contribution >= 0.6 is 0 Å². The van der Waals surface area contributed by atoms with Gasteiger partial charge >= 0.3 is 17.9 Å². The van der Waals surface area contributed by atoms with Crippen LogP contribution in [0.15, 0.2) is 24.3 Å². The van der Waals surface area contributed by atoms with Crippen molar-refractivity contribution in [1.82, 2.24) is 0 Å². The van der Waals surface area contributed by atoms with Crippen LogP contribution in [-0.4, -0.2) is 37.2 Å². The number of esters is 3. The molecule has 0 rings (SSSR count). The first-order chi connectivity index (χ1) is 29.0. The average Bonchev–Trinajstić information content (AvgIpc) is 3.23. The van der Waals surface area contributed by atoms with E-state index in [1.165, 1.54) is 161 Å². The standard InChI is InChI=1S/C53H98O6/c1-4-7-10-13-16-19-21-23-25-27-29-30-32-34-37-40-43-46-52(55)58-49-50(48-57-51(54)45-42-39-36-18-15-12-9-6-3)59-53(56)47-44-41-38-35-33-31-28-26-24-22-20-17-14-11-8-5-2/h20,22,26,28,50H,4-19,21,23-25,27,29-49H2,1-3H3/b22-20-,28-26-. The monoisotopic (exact) mass is 831 g/mol. The quantitative estimate of drug-likeness (QED) is 0.0263. The Morgan fingerprint density at radius 2 is 0.610 bits per heavy atom. The van der Waals surface area contributed by atoms with Crippen LogP contribution in [0.3, 0.4) is 0 Å². The summed E-state index contributed by atoms with van der Waals surface area (Å²) in [5.41, 5.74) is 0. The van der Waals surface area contributed by atoms with Gasteiger partial charge in [-0.1, -0.05) is 231 Å². The van der Waals surface area contributed by atoms with Gasteiger partial charge in [0, 0.05) is 19.3 Å². The number of carbonyl (C=O) groups excluding carboxylic acids is 3. The molecule has 1 atom stereocenters. The third-order valence-corrected chi connectivity index (χ3v) is 11.5. The highest BCUT2D eigenvalue weighted by atomic mass is 16.6. The number of unbranched alkanes of at least 4 members (excludes halogenated alkanes) is 32. The minimum atomic E-state index is -0.771. The summed E-state index contributed by atoms with van der Waals surface area (Å²) in [5.74, 6) is -0.878. The minimum absolute atomic E-state index is 0.0726. The lowest BCUT2D eigenvalue weighted by Gasteiger charge is -2.18. The molecule has 0 radical (unpaired) electrons. The van der Waals surface area contributed by atoms with Gasteiger partial charge in [-0.2, -0.15) is 0 Å². The van der Waals surface area contributed by atoms with E-state index in [0.29, 0.717) is 19.3 Å². The highest BCUT2D eigenvalue weighted by molar-refractivity contribution is 5.71. The number of rotatable bonds is 47. The van der Waals surface area contributed by atoms with E-state index in [4.69, 9.17) is 14.2 Å². The second-order valence-electron chi connectivity index (χ2n) is 17.4. The maximum absolute atomic E-state index is 12.8. The van der Waals surface area contributed by atoms with Crippen LogP contribution < -0.4 is 0 Å². The van der Waals surface area contributed by atoms with Gasteiger partial charge in [0.1, 0.15) is 13.2 Å². The van der Waals surface area contributed by atoms with Crippen LogP contribution in [0.2, 0.25) is 0 Å². The molecule has 0 fully saturated rings. The number of carbonyl (C=O) groups is 3. The van der Waals surface area contributed by atoms with E-state index in [1.54, 1.807) is 0 Å². The van der Waals surface area contributed by atoms with Crippen molar-refractivity contribution in [1.29, 1.82) is 0 Å². The van der Waals surface area contributed by atoms with Gasteiger partial charge in [0.25, 0.3) is 0 Å². The topological polar surface area (TPSA) is 78.9 Å². The number of hydrogen-bond acceptors (Lipinski definition) is 6. The zero-order chi connectivity index (χ0) is 43.0. The molecule has 0 aliphatic rings. The molecule has 59 heavy (non-hydrogen) atoms. The Balaban J connectivity index is 4.27. The van der Waals surface area contributed by atoms with E-state index in [-0.39, 0.29) is 31.1 Å². The van der Waals surface area contributed by atoms with E-state index in [9.17, 15) is 14.4 Å². The summed E-state index contributed by atoms with van der Waals surface area (Å²) in [6.45, 7) is 6.61. The molecule has 1 unspecified atom stereocenters. The maximum Gasteiger partial charge on any atom is 0.306 e. The molecule has 0 amide bonds. The molecular formula is C53H98O6. The van der Waals surface area contributed by atoms with Crippen LogP contribution in [0.25, 0.3) is 0 Å². The van der Waals surface area contributed by atoms with Crippen molar-refractivity contribution in [3.8, 4) is 0 Å². The molecule has 0 saturated heterocycles. The molecule has 0 N–H and O–H groups in total. The lowest BCUT2D eigenvalue weighted by atomic mass is 10.0. The summed E-state index contributed by atoms with van der Waals surface area (Å²) >= 11 is 0. The minimum Gasteiger partial charge on any atom is -0.462 e. The van der Waals surface area contributed by atoms with Crippen molar-refractivity contribution in [3.63, 3.8) is 0 Å². The van der Waals surface area contributed by atoms with E-state index in [0.717, 1.165) is 77.0 Å². The summed E-state index contributed by atoms with van der Waals surface area (Å²) in [5, 5.41) is 0. The van der Waals surface area contributed by atoms with Crippen molar-refractivity contribution >= 4 is 17.9 Å². The van der Waals surface area contributed by atoms with Gasteiger partial charge in [-0.15, -0.1) is 0 Å². The molecule has 6 heteroatoms. The summed E-state index contributed by atoms with van der Waals surface area (Å²) in [6, 6.07) is 0. The number of ether oxygens (including phenoxy) is 3. The Morgan fingerprint density at radius 3 is 0.949 bits per heavy atom. The second kappa shape index (κ2) is 48.6. The predicted molar refractivity (Wildman–Crippen MR) is 252 cm³/mol. The fourth-order valence-electron chi connectivity index (χ4n) is 7.53. The van der Waals surface area contributed by atoms with Crippen molar-refractivity contribution in [2.45, 2.75) is 284 Å². The summed E-state index contributed by atoms with van der Waals surface area (Å²) < 4.78 is 16.7. The second-order valence-corrected chi connectivity index (χ2v) is 17.4. The van der Waals surface area contributed by atoms with Crippen LogP contribution in [0.5, 0.6) is 0 Å². The van der Waals surface area contributed by atoms with Crippen LogP contribution in [0.1, 0.15) is 278 Å². The molecule has 0 spiro atoms. The Morgan fingerprint density at radius 1 is 0.339 bits per heavy atom. The largest absolute Gasteiger partial charge is 0.462 e. The smallest absolute Gasteiger partial charge is 0.306 e. The van der Waals surface area contributed by atoms with Crippen molar-refractivity contribution in [3.05, 3.63) is 24.3 Å². The predicted octanol–water partition coefficient (Wildman–Crippen LogP) is 16.8. The van der Waals surface area contributed by atoms with E-state index < -0.39 is 6.10 Å². The molecule has 0 aromatic heterocycles. The molecule has 0 heterocycles. The van der Waals surface area contributed by atoms with E-state index in [1.807, 2.05) is 0 Å². The van der Waals surface area contributed by atoms with E-state index in [2.05, 4.69) is 45.1 Å². The lowest BCUT2D eigenvalue weighted by Crippen LogP contribution is -2.30. The lowest BCUT2D eigenvalue weighted by molar-refractivity contribution is -0.167. The molecular weight excluding hydrogens is 733 g/mol. The molecule has 0 aromatic rings. The highest BCUT2D eigenvalue weighted by Crippen LogP contribution is 2.16. The molecule has 0 aliphatic heterocycles. The van der Waals surface area contributed by atoms with Gasteiger partial charge in [0.15, 0.2) is 6.10 Å². The summed E-state index contributed by atoms with van der Waals surface area (Å²) in [7, 11) is 0. The number of allylic oxidation sites excluding steroid dienone is 4. The fraction of sp³-hybridized carbons (Fsp3) is 0.868. The van der Waals surface area contributed by atoms with E-state index >= 15 is 0 Å². The zero-order valence-electron chi connectivity index (χ0n) is 39.5. The maximum atomic E-state index is 12.8. The van der Waals surface area contributed by atoms with Gasteiger partial charge < -0.3 is 14.2 Å². The van der Waals surface area contributed by atoms with Gasteiger partial charge in [-0.25, -0.2) is 0 Å². The highest BCUT2D eigenvalue weighted by Gasteiger charge is 2.19. The Labute approximate surface area is 366 Å². The fourth-order valence-corrected chi connectivity index (χ4v) is 7.53. The summed E-state index contributed by atoms with van der Waals surface area (Å²) in [4.78, 5) is 37.8. The first-order valence-electron chi connectivity index (χ1n) is 25.8. The average molecular weight is 831 g/mol. The Kier molecular flexibility index (Phi) is 46.8. The Hall–Kier alpha value is -2.11. The zero-order valence-corrected chi connectivity index (χ0v) is 39.5. The summed E-state index contributed by atoms with van der Waals surface area (Å²) in [6.07, 6.45) is 54.5. The third kappa shape index (κ3) is 46.8. The van der Waals surface area contributed by atoms with Crippen LogP contribution in [0.4, 0.5) is 0 Å². The molecule has 0 saturated carbocycles. The Bertz CT molecular complexity index is 958. The molecule has 346 valence electrons. The third-order valence-electron chi connectivity index (χ3n) is 11.5.